The zero-order chi connectivity index (χ0) is 26.1. The summed E-state index contributed by atoms with van der Waals surface area (Å²) in [6, 6.07) is 33.2. The number of anilines is 3. The molecule has 1 saturated heterocycles. The molecule has 0 bridgehead atoms. The van der Waals surface area contributed by atoms with E-state index < -0.39 is 0 Å². The average Bonchev–Trinajstić information content (AvgIpc) is 3.27. The molecule has 6 rings (SSSR count). The number of hydrogen-bond donors (Lipinski definition) is 2. The van der Waals surface area contributed by atoms with Crippen LogP contribution in [0.4, 0.5) is 17.1 Å². The highest BCUT2D eigenvalue weighted by Crippen LogP contribution is 2.38. The van der Waals surface area contributed by atoms with Gasteiger partial charge in [0.05, 0.1) is 11.4 Å². The Kier molecular flexibility index (Phi) is 6.40. The van der Waals surface area contributed by atoms with Crippen molar-refractivity contribution in [2.75, 3.05) is 28.2 Å². The molecule has 2 amide bonds. The summed E-state index contributed by atoms with van der Waals surface area (Å²) in [4.78, 5) is 31.1. The van der Waals surface area contributed by atoms with E-state index in [1.807, 2.05) is 77.7 Å². The molecule has 2 aliphatic heterocycles. The summed E-state index contributed by atoms with van der Waals surface area (Å²) in [5.74, 6) is -0.237. The van der Waals surface area contributed by atoms with E-state index in [0.717, 1.165) is 41.9 Å². The Labute approximate surface area is 222 Å². The average molecular weight is 503 g/mol. The first-order valence-electron chi connectivity index (χ1n) is 13.1. The lowest BCUT2D eigenvalue weighted by atomic mass is 9.99. The zero-order valence-corrected chi connectivity index (χ0v) is 21.1. The monoisotopic (exact) mass is 502 g/mol. The van der Waals surface area contributed by atoms with Gasteiger partial charge in [-0.1, -0.05) is 60.7 Å². The molecule has 4 aromatic carbocycles. The van der Waals surface area contributed by atoms with Crippen LogP contribution in [0.3, 0.4) is 0 Å². The number of para-hydroxylation sites is 2. The third kappa shape index (κ3) is 4.55. The van der Waals surface area contributed by atoms with Gasteiger partial charge < -0.3 is 20.9 Å². The van der Waals surface area contributed by atoms with Gasteiger partial charge >= 0.3 is 0 Å². The lowest BCUT2D eigenvalue weighted by Crippen LogP contribution is -2.32. The lowest BCUT2D eigenvalue weighted by Gasteiger charge is -2.26. The molecule has 0 aliphatic carbocycles. The van der Waals surface area contributed by atoms with Crippen molar-refractivity contribution in [3.63, 3.8) is 0 Å². The third-order valence-corrected chi connectivity index (χ3v) is 7.51. The second-order valence-corrected chi connectivity index (χ2v) is 9.98. The normalized spacial score (nSPS) is 18.3. The Morgan fingerprint density at radius 1 is 0.789 bits per heavy atom. The first kappa shape index (κ1) is 23.9. The highest BCUT2D eigenvalue weighted by Gasteiger charge is 2.36. The van der Waals surface area contributed by atoms with Gasteiger partial charge in [0.25, 0.3) is 11.8 Å². The highest BCUT2D eigenvalue weighted by molar-refractivity contribution is 6.10. The number of carbonyl (C=O) groups excluding carboxylic acids is 2. The number of nitrogens with two attached hydrogens (primary N) is 1. The minimum Gasteiger partial charge on any atom is -0.365 e. The molecule has 1 fully saturated rings. The molecule has 2 heterocycles. The molecule has 2 aliphatic rings. The molecule has 2 atom stereocenters. The second kappa shape index (κ2) is 10.1. The van der Waals surface area contributed by atoms with Crippen molar-refractivity contribution in [1.29, 1.82) is 0 Å². The van der Waals surface area contributed by atoms with Gasteiger partial charge in [0.15, 0.2) is 0 Å². The largest absolute Gasteiger partial charge is 0.365 e. The standard InChI is InChI=1S/C32H30N4O2/c33-24-20-26-18-19-35(29-12-6-7-13-30(29)36(26)21-24)32(38)23-14-16-25(17-15-23)34-31(37)28-11-5-4-10-27(28)22-8-2-1-3-9-22/h1-17,24,26H,18-21,33H2,(H,34,37)/t24-,26-/m0/s1. The number of nitrogens with zero attached hydrogens (tertiary/aromatic N) is 2. The molecule has 0 unspecified atom stereocenters. The number of hydrogen-bond acceptors (Lipinski definition) is 4. The highest BCUT2D eigenvalue weighted by atomic mass is 16.2. The van der Waals surface area contributed by atoms with Crippen molar-refractivity contribution >= 4 is 28.9 Å². The number of fused-ring (bicyclic) bond motifs is 3. The first-order chi connectivity index (χ1) is 18.6. The first-order valence-corrected chi connectivity index (χ1v) is 13.1. The quantitative estimate of drug-likeness (QED) is 0.383. The van der Waals surface area contributed by atoms with Crippen molar-refractivity contribution in [1.82, 2.24) is 0 Å². The minimum absolute atomic E-state index is 0.0461. The van der Waals surface area contributed by atoms with Gasteiger partial charge in [-0.3, -0.25) is 9.59 Å². The second-order valence-electron chi connectivity index (χ2n) is 9.98. The fraction of sp³-hybridized carbons (Fsp3) is 0.188. The topological polar surface area (TPSA) is 78.7 Å². The van der Waals surface area contributed by atoms with Gasteiger partial charge in [-0.25, -0.2) is 0 Å². The van der Waals surface area contributed by atoms with E-state index in [4.69, 9.17) is 5.73 Å². The molecule has 0 saturated carbocycles. The van der Waals surface area contributed by atoms with Crippen molar-refractivity contribution in [3.8, 4) is 11.1 Å². The van der Waals surface area contributed by atoms with E-state index >= 15 is 0 Å². The number of nitrogens with one attached hydrogen (secondary N) is 1. The van der Waals surface area contributed by atoms with Gasteiger partial charge in [-0.15, -0.1) is 0 Å². The van der Waals surface area contributed by atoms with Gasteiger partial charge in [0.1, 0.15) is 0 Å². The third-order valence-electron chi connectivity index (χ3n) is 7.51. The molecule has 190 valence electrons. The fourth-order valence-corrected chi connectivity index (χ4v) is 5.67. The van der Waals surface area contributed by atoms with Crippen molar-refractivity contribution in [2.24, 2.45) is 5.73 Å². The van der Waals surface area contributed by atoms with Crippen LogP contribution in [0.15, 0.2) is 103 Å². The predicted octanol–water partition coefficient (Wildman–Crippen LogP) is 5.56. The van der Waals surface area contributed by atoms with Gasteiger partial charge in [0, 0.05) is 42.0 Å². The van der Waals surface area contributed by atoms with Crippen LogP contribution < -0.4 is 20.9 Å². The van der Waals surface area contributed by atoms with Crippen molar-refractivity contribution in [2.45, 2.75) is 24.9 Å². The molecular formula is C32H30N4O2. The molecule has 0 radical (unpaired) electrons. The van der Waals surface area contributed by atoms with Crippen LogP contribution in [0.5, 0.6) is 0 Å². The summed E-state index contributed by atoms with van der Waals surface area (Å²) < 4.78 is 0. The Morgan fingerprint density at radius 2 is 1.47 bits per heavy atom. The van der Waals surface area contributed by atoms with E-state index in [-0.39, 0.29) is 17.9 Å². The SMILES string of the molecule is N[C@H]1C[C@@H]2CCN(C(=O)c3ccc(NC(=O)c4ccccc4-c4ccccc4)cc3)c3ccccc3N2C1. The number of rotatable bonds is 4. The van der Waals surface area contributed by atoms with E-state index in [0.29, 0.717) is 29.4 Å². The van der Waals surface area contributed by atoms with E-state index in [2.05, 4.69) is 16.3 Å². The fourth-order valence-electron chi connectivity index (χ4n) is 5.67. The Balaban J connectivity index is 1.21. The molecule has 0 aromatic heterocycles. The number of amides is 2. The Morgan fingerprint density at radius 3 is 2.26 bits per heavy atom. The van der Waals surface area contributed by atoms with Gasteiger partial charge in [0.2, 0.25) is 0 Å². The molecule has 0 spiro atoms. The van der Waals surface area contributed by atoms with E-state index in [9.17, 15) is 9.59 Å². The van der Waals surface area contributed by atoms with Crippen LogP contribution in [-0.4, -0.2) is 37.0 Å². The van der Waals surface area contributed by atoms with E-state index in [1.54, 1.807) is 24.3 Å². The summed E-state index contributed by atoms with van der Waals surface area (Å²) in [5.41, 5.74) is 11.9. The predicted molar refractivity (Wildman–Crippen MR) is 153 cm³/mol. The summed E-state index contributed by atoms with van der Waals surface area (Å²) in [6.45, 7) is 1.45. The number of carbonyl (C=O) groups is 2. The summed E-state index contributed by atoms with van der Waals surface area (Å²) in [6.07, 6.45) is 1.82. The van der Waals surface area contributed by atoms with Crippen LogP contribution in [-0.2, 0) is 0 Å². The molecule has 6 heteroatoms. The van der Waals surface area contributed by atoms with Crippen LogP contribution in [0, 0.1) is 0 Å². The Hall–Kier alpha value is -4.42. The van der Waals surface area contributed by atoms with Crippen LogP contribution in [0.2, 0.25) is 0 Å². The maximum Gasteiger partial charge on any atom is 0.258 e. The Bertz CT molecular complexity index is 1470. The molecule has 38 heavy (non-hydrogen) atoms. The van der Waals surface area contributed by atoms with Crippen molar-refractivity contribution in [3.05, 3.63) is 114 Å². The van der Waals surface area contributed by atoms with Gasteiger partial charge in [-0.05, 0) is 66.4 Å². The van der Waals surface area contributed by atoms with E-state index in [1.165, 1.54) is 0 Å². The smallest absolute Gasteiger partial charge is 0.258 e. The maximum atomic E-state index is 13.7. The molecule has 4 aromatic rings. The summed E-state index contributed by atoms with van der Waals surface area (Å²) in [5, 5.41) is 2.99. The number of benzene rings is 4. The maximum absolute atomic E-state index is 13.7. The summed E-state index contributed by atoms with van der Waals surface area (Å²) in [7, 11) is 0. The van der Waals surface area contributed by atoms with Crippen LogP contribution in [0.1, 0.15) is 33.6 Å². The zero-order valence-electron chi connectivity index (χ0n) is 21.1. The molecule has 3 N–H and O–H groups in total. The van der Waals surface area contributed by atoms with Crippen LogP contribution in [0.25, 0.3) is 11.1 Å². The van der Waals surface area contributed by atoms with Crippen LogP contribution >= 0.6 is 0 Å². The molecular weight excluding hydrogens is 472 g/mol. The molecule has 6 nitrogen and oxygen atoms in total. The van der Waals surface area contributed by atoms with Crippen molar-refractivity contribution < 1.29 is 9.59 Å². The summed E-state index contributed by atoms with van der Waals surface area (Å²) >= 11 is 0. The van der Waals surface area contributed by atoms with Gasteiger partial charge in [-0.2, -0.15) is 0 Å². The lowest BCUT2D eigenvalue weighted by molar-refractivity contribution is 0.0985. The minimum atomic E-state index is -0.191.